The maximum Gasteiger partial charge on any atom is 0.305 e. The zero-order valence-electron chi connectivity index (χ0n) is 52.7. The first kappa shape index (κ1) is 76.1. The van der Waals surface area contributed by atoms with Gasteiger partial charge < -0.3 is 20.3 Å². The lowest BCUT2D eigenvalue weighted by Crippen LogP contribution is -2.45. The van der Waals surface area contributed by atoms with Gasteiger partial charge >= 0.3 is 5.97 Å². The van der Waals surface area contributed by atoms with E-state index in [0.717, 1.165) is 51.4 Å². The SMILES string of the molecule is CCC/C=C\C/C=C\CCCCCCCC(=O)OCCCCCCCCCCCCCC/C=C\CCCCCCCCCCCCCCC(=O)NC(CO)C(O)CCCCCCCCCCCCCCCCCCCCCC. The molecule has 0 bridgehead atoms. The van der Waals surface area contributed by atoms with Crippen LogP contribution in [0, 0.1) is 0 Å². The molecule has 0 aliphatic carbocycles. The fourth-order valence-corrected chi connectivity index (χ4v) is 11.0. The van der Waals surface area contributed by atoms with Gasteiger partial charge in [-0.3, -0.25) is 9.59 Å². The summed E-state index contributed by atoms with van der Waals surface area (Å²) in [5, 5.41) is 23.4. The van der Waals surface area contributed by atoms with Gasteiger partial charge in [0.2, 0.25) is 5.91 Å². The molecule has 0 aromatic carbocycles. The molecule has 0 aliphatic heterocycles. The third kappa shape index (κ3) is 63.3. The van der Waals surface area contributed by atoms with E-state index in [4.69, 9.17) is 4.74 Å². The largest absolute Gasteiger partial charge is 0.466 e. The van der Waals surface area contributed by atoms with Gasteiger partial charge in [-0.2, -0.15) is 0 Å². The molecular weight excluding hydrogens is 959 g/mol. The summed E-state index contributed by atoms with van der Waals surface area (Å²) in [6.45, 7) is 4.92. The maximum absolute atomic E-state index is 12.5. The Kier molecular flexibility index (Phi) is 65.9. The lowest BCUT2D eigenvalue weighted by atomic mass is 10.0. The number of esters is 1. The van der Waals surface area contributed by atoms with Crippen LogP contribution in [-0.4, -0.2) is 47.4 Å². The lowest BCUT2D eigenvalue weighted by Gasteiger charge is -2.22. The van der Waals surface area contributed by atoms with Crippen LogP contribution in [0.1, 0.15) is 386 Å². The van der Waals surface area contributed by atoms with Crippen molar-refractivity contribution in [3.05, 3.63) is 36.5 Å². The highest BCUT2D eigenvalue weighted by molar-refractivity contribution is 5.76. The number of aliphatic hydroxyl groups excluding tert-OH is 2. The molecule has 0 aliphatic rings. The minimum atomic E-state index is -0.665. The molecule has 6 nitrogen and oxygen atoms in total. The Bertz CT molecular complexity index is 1260. The van der Waals surface area contributed by atoms with Gasteiger partial charge in [0.15, 0.2) is 0 Å². The molecular formula is C72H137NO5. The molecule has 78 heavy (non-hydrogen) atoms. The summed E-state index contributed by atoms with van der Waals surface area (Å²) in [7, 11) is 0. The van der Waals surface area contributed by atoms with Gasteiger partial charge in [0, 0.05) is 12.8 Å². The summed E-state index contributed by atoms with van der Waals surface area (Å²) in [5.74, 6) is -0.0304. The highest BCUT2D eigenvalue weighted by Gasteiger charge is 2.20. The van der Waals surface area contributed by atoms with Crippen molar-refractivity contribution < 1.29 is 24.5 Å². The molecule has 0 aromatic heterocycles. The van der Waals surface area contributed by atoms with Crippen LogP contribution in [0.4, 0.5) is 0 Å². The number of ether oxygens (including phenoxy) is 1. The topological polar surface area (TPSA) is 95.9 Å². The number of allylic oxidation sites excluding steroid dienone is 6. The smallest absolute Gasteiger partial charge is 0.305 e. The van der Waals surface area contributed by atoms with Crippen molar-refractivity contribution in [3.8, 4) is 0 Å². The monoisotopic (exact) mass is 1100 g/mol. The average molecular weight is 1100 g/mol. The van der Waals surface area contributed by atoms with Crippen LogP contribution in [0.15, 0.2) is 36.5 Å². The van der Waals surface area contributed by atoms with Crippen LogP contribution in [0.25, 0.3) is 0 Å². The normalized spacial score (nSPS) is 12.7. The number of hydrogen-bond acceptors (Lipinski definition) is 5. The Balaban J connectivity index is 3.39. The minimum Gasteiger partial charge on any atom is -0.466 e. The number of nitrogens with one attached hydrogen (secondary N) is 1. The maximum atomic E-state index is 12.5. The molecule has 0 saturated carbocycles. The van der Waals surface area contributed by atoms with Gasteiger partial charge in [-0.15, -0.1) is 0 Å². The third-order valence-electron chi connectivity index (χ3n) is 16.4. The van der Waals surface area contributed by atoms with Gasteiger partial charge in [-0.25, -0.2) is 0 Å². The highest BCUT2D eigenvalue weighted by Crippen LogP contribution is 2.19. The zero-order chi connectivity index (χ0) is 56.4. The molecule has 2 unspecified atom stereocenters. The Hall–Kier alpha value is -1.92. The van der Waals surface area contributed by atoms with Crippen molar-refractivity contribution in [2.75, 3.05) is 13.2 Å². The molecule has 0 spiro atoms. The van der Waals surface area contributed by atoms with E-state index in [1.54, 1.807) is 0 Å². The summed E-state index contributed by atoms with van der Waals surface area (Å²) in [5.41, 5.74) is 0. The number of aliphatic hydroxyl groups is 2. The van der Waals surface area contributed by atoms with Crippen LogP contribution in [-0.2, 0) is 14.3 Å². The summed E-state index contributed by atoms with van der Waals surface area (Å²) >= 11 is 0. The van der Waals surface area contributed by atoms with E-state index in [1.807, 2.05) is 0 Å². The van der Waals surface area contributed by atoms with E-state index in [-0.39, 0.29) is 18.5 Å². The Labute approximate surface area is 487 Å². The van der Waals surface area contributed by atoms with E-state index in [0.29, 0.717) is 25.9 Å². The third-order valence-corrected chi connectivity index (χ3v) is 16.4. The Morgan fingerprint density at radius 3 is 1.04 bits per heavy atom. The van der Waals surface area contributed by atoms with E-state index < -0.39 is 12.1 Å². The predicted octanol–water partition coefficient (Wildman–Crippen LogP) is 22.7. The standard InChI is InChI=1S/C72H137NO5/c1-3-5-7-9-11-13-15-17-18-19-20-31-34-37-41-44-48-52-56-60-64-70(75)69(68-74)73-71(76)65-61-57-53-49-45-42-38-35-32-29-27-25-23-21-22-24-26-28-30-33-36-39-43-47-51-55-59-63-67-78-72(77)66-62-58-54-50-46-40-16-14-12-10-8-6-4-2/h8,10,14,16,21-22,69-70,74-75H,3-7,9,11-13,15,17-20,23-68H2,1-2H3,(H,73,76)/b10-8-,16-14-,22-21-. The van der Waals surface area contributed by atoms with Gasteiger partial charge in [-0.1, -0.05) is 333 Å². The zero-order valence-corrected chi connectivity index (χ0v) is 52.7. The van der Waals surface area contributed by atoms with Crippen molar-refractivity contribution >= 4 is 11.9 Å². The van der Waals surface area contributed by atoms with Gasteiger partial charge in [0.25, 0.3) is 0 Å². The van der Waals surface area contributed by atoms with Crippen LogP contribution in [0.2, 0.25) is 0 Å². The molecule has 0 aromatic rings. The van der Waals surface area contributed by atoms with E-state index >= 15 is 0 Å². The summed E-state index contributed by atoms with van der Waals surface area (Å²) < 4.78 is 5.47. The van der Waals surface area contributed by atoms with Gasteiger partial charge in [0.1, 0.15) is 0 Å². The Morgan fingerprint density at radius 1 is 0.359 bits per heavy atom. The number of unbranched alkanes of at least 4 members (excludes halogenated alkanes) is 49. The number of carbonyl (C=O) groups is 2. The molecule has 6 heteroatoms. The fourth-order valence-electron chi connectivity index (χ4n) is 11.0. The highest BCUT2D eigenvalue weighted by atomic mass is 16.5. The molecule has 2 atom stereocenters. The summed E-state index contributed by atoms with van der Waals surface area (Å²) in [6, 6.07) is -0.542. The summed E-state index contributed by atoms with van der Waals surface area (Å²) in [4.78, 5) is 24.6. The lowest BCUT2D eigenvalue weighted by molar-refractivity contribution is -0.143. The van der Waals surface area contributed by atoms with Crippen molar-refractivity contribution in [2.24, 2.45) is 0 Å². The molecule has 0 saturated heterocycles. The number of hydrogen-bond donors (Lipinski definition) is 3. The molecule has 0 fully saturated rings. The van der Waals surface area contributed by atoms with Gasteiger partial charge in [0.05, 0.1) is 25.4 Å². The first-order chi connectivity index (χ1) is 38.5. The van der Waals surface area contributed by atoms with E-state index in [2.05, 4.69) is 55.6 Å². The first-order valence-corrected chi connectivity index (χ1v) is 35.2. The molecule has 1 amide bonds. The predicted molar refractivity (Wildman–Crippen MR) is 343 cm³/mol. The number of amides is 1. The summed E-state index contributed by atoms with van der Waals surface area (Å²) in [6.07, 6.45) is 86.2. The van der Waals surface area contributed by atoms with Crippen LogP contribution in [0.5, 0.6) is 0 Å². The van der Waals surface area contributed by atoms with Gasteiger partial charge in [-0.05, 0) is 77.0 Å². The molecule has 460 valence electrons. The van der Waals surface area contributed by atoms with E-state index in [9.17, 15) is 19.8 Å². The van der Waals surface area contributed by atoms with Crippen molar-refractivity contribution in [1.82, 2.24) is 5.32 Å². The first-order valence-electron chi connectivity index (χ1n) is 35.2. The Morgan fingerprint density at radius 2 is 0.667 bits per heavy atom. The van der Waals surface area contributed by atoms with Crippen LogP contribution < -0.4 is 5.32 Å². The van der Waals surface area contributed by atoms with Crippen molar-refractivity contribution in [1.29, 1.82) is 0 Å². The minimum absolute atomic E-state index is 0.000817. The second kappa shape index (κ2) is 67.6. The number of rotatable bonds is 66. The quantitative estimate of drug-likeness (QED) is 0.0320. The second-order valence-corrected chi connectivity index (χ2v) is 24.2. The van der Waals surface area contributed by atoms with Crippen molar-refractivity contribution in [3.63, 3.8) is 0 Å². The van der Waals surface area contributed by atoms with Crippen LogP contribution >= 0.6 is 0 Å². The van der Waals surface area contributed by atoms with Crippen LogP contribution in [0.3, 0.4) is 0 Å². The fraction of sp³-hybridized carbons (Fsp3) is 0.889. The number of carbonyl (C=O) groups excluding carboxylic acids is 2. The molecule has 0 radical (unpaired) electrons. The molecule has 0 heterocycles. The van der Waals surface area contributed by atoms with E-state index in [1.165, 1.54) is 302 Å². The average Bonchev–Trinajstić information content (AvgIpc) is 3.44. The molecule has 3 N–H and O–H groups in total. The van der Waals surface area contributed by atoms with Crippen molar-refractivity contribution in [2.45, 2.75) is 398 Å². The second-order valence-electron chi connectivity index (χ2n) is 24.2. The molecule has 0 rings (SSSR count).